The number of hydrogen-bond donors (Lipinski definition) is 2. The van der Waals surface area contributed by atoms with Crippen molar-refractivity contribution >= 4 is 22.9 Å². The van der Waals surface area contributed by atoms with Gasteiger partial charge in [-0.1, -0.05) is 6.42 Å². The summed E-state index contributed by atoms with van der Waals surface area (Å²) in [7, 11) is 0. The van der Waals surface area contributed by atoms with Crippen LogP contribution in [0.3, 0.4) is 0 Å². The highest BCUT2D eigenvalue weighted by molar-refractivity contribution is 7.10. The number of rotatable bonds is 2. The highest BCUT2D eigenvalue weighted by Crippen LogP contribution is 2.26. The molecule has 2 N–H and O–H groups in total. The Kier molecular flexibility index (Phi) is 3.61. The van der Waals surface area contributed by atoms with Crippen molar-refractivity contribution in [1.29, 1.82) is 0 Å². The van der Waals surface area contributed by atoms with Crippen LogP contribution < -0.4 is 10.6 Å². The summed E-state index contributed by atoms with van der Waals surface area (Å²) in [6.07, 6.45) is 3.28. The molecule has 88 valence electrons. The summed E-state index contributed by atoms with van der Waals surface area (Å²) in [6.45, 7) is 5.04. The van der Waals surface area contributed by atoms with Crippen LogP contribution in [-0.2, 0) is 4.79 Å². The van der Waals surface area contributed by atoms with Gasteiger partial charge >= 0.3 is 0 Å². The van der Waals surface area contributed by atoms with E-state index in [4.69, 9.17) is 0 Å². The molecule has 0 saturated carbocycles. The molecule has 2 rings (SSSR count). The molecular formula is C12H18N2OS. The van der Waals surface area contributed by atoms with E-state index >= 15 is 0 Å². The van der Waals surface area contributed by atoms with E-state index in [0.717, 1.165) is 30.6 Å². The van der Waals surface area contributed by atoms with Gasteiger partial charge in [-0.05, 0) is 44.2 Å². The number of nitrogens with one attached hydrogen (secondary N) is 2. The number of anilines is 1. The predicted octanol–water partition coefficient (Wildman–Crippen LogP) is 2.45. The van der Waals surface area contributed by atoms with Gasteiger partial charge in [0.2, 0.25) is 5.91 Å². The lowest BCUT2D eigenvalue weighted by Crippen LogP contribution is -2.43. The smallest absolute Gasteiger partial charge is 0.241 e. The Morgan fingerprint density at radius 3 is 2.88 bits per heavy atom. The molecule has 1 saturated heterocycles. The first-order valence-electron chi connectivity index (χ1n) is 5.77. The van der Waals surface area contributed by atoms with Crippen LogP contribution in [0.1, 0.15) is 29.7 Å². The fraction of sp³-hybridized carbons (Fsp3) is 0.583. The van der Waals surface area contributed by atoms with E-state index in [1.807, 2.05) is 13.8 Å². The molecule has 1 fully saturated rings. The monoisotopic (exact) mass is 238 g/mol. The molecule has 1 aromatic heterocycles. The maximum atomic E-state index is 12.0. The van der Waals surface area contributed by atoms with Gasteiger partial charge in [-0.2, -0.15) is 0 Å². The van der Waals surface area contributed by atoms with Gasteiger partial charge in [-0.15, -0.1) is 11.3 Å². The first-order chi connectivity index (χ1) is 7.68. The minimum atomic E-state index is -0.00699. The van der Waals surface area contributed by atoms with Crippen molar-refractivity contribution in [2.45, 2.75) is 39.2 Å². The maximum Gasteiger partial charge on any atom is 0.241 e. The summed E-state index contributed by atoms with van der Waals surface area (Å²) in [5.74, 6) is 0.115. The molecule has 0 radical (unpaired) electrons. The van der Waals surface area contributed by atoms with Crippen LogP contribution in [-0.4, -0.2) is 18.5 Å². The van der Waals surface area contributed by atoms with Gasteiger partial charge in [0.05, 0.1) is 11.7 Å². The fourth-order valence-corrected chi connectivity index (χ4v) is 2.85. The molecule has 2 heterocycles. The number of hydrogen-bond acceptors (Lipinski definition) is 3. The number of aryl methyl sites for hydroxylation is 2. The number of amides is 1. The normalized spacial score (nSPS) is 20.8. The molecule has 4 heteroatoms. The van der Waals surface area contributed by atoms with Crippen LogP contribution in [0.25, 0.3) is 0 Å². The standard InChI is InChI=1S/C12H18N2OS/c1-8-7-16-9(2)11(8)14-12(15)10-5-3-4-6-13-10/h7,10,13H,3-6H2,1-2H3,(H,14,15). The Morgan fingerprint density at radius 2 is 2.31 bits per heavy atom. The molecule has 3 nitrogen and oxygen atoms in total. The topological polar surface area (TPSA) is 41.1 Å². The fourth-order valence-electron chi connectivity index (χ4n) is 2.04. The zero-order chi connectivity index (χ0) is 11.5. The van der Waals surface area contributed by atoms with Crippen molar-refractivity contribution in [3.8, 4) is 0 Å². The van der Waals surface area contributed by atoms with E-state index < -0.39 is 0 Å². The highest BCUT2D eigenvalue weighted by Gasteiger charge is 2.21. The SMILES string of the molecule is Cc1csc(C)c1NC(=O)C1CCCCN1. The van der Waals surface area contributed by atoms with Crippen molar-refractivity contribution in [2.24, 2.45) is 0 Å². The summed E-state index contributed by atoms with van der Waals surface area (Å²) in [6, 6.07) is -0.00699. The van der Waals surface area contributed by atoms with Crippen molar-refractivity contribution in [3.63, 3.8) is 0 Å². The molecule has 1 aliphatic heterocycles. The van der Waals surface area contributed by atoms with Crippen LogP contribution >= 0.6 is 11.3 Å². The molecule has 1 aromatic rings. The zero-order valence-corrected chi connectivity index (χ0v) is 10.6. The number of carbonyl (C=O) groups excluding carboxylic acids is 1. The maximum absolute atomic E-state index is 12.0. The van der Waals surface area contributed by atoms with Gasteiger partial charge in [0, 0.05) is 4.88 Å². The molecular weight excluding hydrogens is 220 g/mol. The second-order valence-corrected chi connectivity index (χ2v) is 5.43. The molecule has 1 unspecified atom stereocenters. The van der Waals surface area contributed by atoms with Gasteiger partial charge in [0.25, 0.3) is 0 Å². The van der Waals surface area contributed by atoms with E-state index in [2.05, 4.69) is 16.0 Å². The minimum Gasteiger partial charge on any atom is -0.324 e. The average Bonchev–Trinajstić information content (AvgIpc) is 2.62. The van der Waals surface area contributed by atoms with Gasteiger partial charge < -0.3 is 10.6 Å². The zero-order valence-electron chi connectivity index (χ0n) is 9.80. The molecule has 1 amide bonds. The van der Waals surface area contributed by atoms with Crippen molar-refractivity contribution < 1.29 is 4.79 Å². The van der Waals surface area contributed by atoms with E-state index in [1.165, 1.54) is 11.3 Å². The molecule has 0 spiro atoms. The number of piperidine rings is 1. The Balaban J connectivity index is 2.01. The summed E-state index contributed by atoms with van der Waals surface area (Å²) >= 11 is 1.68. The molecule has 0 aliphatic carbocycles. The van der Waals surface area contributed by atoms with E-state index in [0.29, 0.717) is 0 Å². The quantitative estimate of drug-likeness (QED) is 0.831. The van der Waals surface area contributed by atoms with Crippen molar-refractivity contribution in [1.82, 2.24) is 5.32 Å². The largest absolute Gasteiger partial charge is 0.324 e. The second-order valence-electron chi connectivity index (χ2n) is 4.34. The summed E-state index contributed by atoms with van der Waals surface area (Å²) < 4.78 is 0. The third-order valence-electron chi connectivity index (χ3n) is 3.03. The lowest BCUT2D eigenvalue weighted by Gasteiger charge is -2.22. The molecule has 1 aliphatic rings. The third kappa shape index (κ3) is 2.44. The van der Waals surface area contributed by atoms with E-state index in [-0.39, 0.29) is 11.9 Å². The number of thiophene rings is 1. The summed E-state index contributed by atoms with van der Waals surface area (Å²) in [5.41, 5.74) is 2.16. The lowest BCUT2D eigenvalue weighted by atomic mass is 10.0. The van der Waals surface area contributed by atoms with Crippen molar-refractivity contribution in [3.05, 3.63) is 15.8 Å². The predicted molar refractivity (Wildman–Crippen MR) is 68.1 cm³/mol. The molecule has 0 aromatic carbocycles. The Hall–Kier alpha value is -0.870. The van der Waals surface area contributed by atoms with E-state index in [9.17, 15) is 4.79 Å². The third-order valence-corrected chi connectivity index (χ3v) is 4.06. The van der Waals surface area contributed by atoms with Crippen LogP contribution in [0.2, 0.25) is 0 Å². The Labute approximate surface area is 100 Å². The molecule has 0 bridgehead atoms. The molecule has 16 heavy (non-hydrogen) atoms. The van der Waals surface area contributed by atoms with Crippen molar-refractivity contribution in [2.75, 3.05) is 11.9 Å². The van der Waals surface area contributed by atoms with Gasteiger partial charge in [-0.3, -0.25) is 4.79 Å². The Bertz CT molecular complexity index is 361. The second kappa shape index (κ2) is 4.97. The van der Waals surface area contributed by atoms with Crippen LogP contribution in [0.5, 0.6) is 0 Å². The number of carbonyl (C=O) groups is 1. The van der Waals surface area contributed by atoms with Crippen LogP contribution in [0, 0.1) is 13.8 Å². The first-order valence-corrected chi connectivity index (χ1v) is 6.65. The molecule has 1 atom stereocenters. The lowest BCUT2D eigenvalue weighted by molar-refractivity contribution is -0.118. The average molecular weight is 238 g/mol. The van der Waals surface area contributed by atoms with Crippen LogP contribution in [0.4, 0.5) is 5.69 Å². The summed E-state index contributed by atoms with van der Waals surface area (Å²) in [4.78, 5) is 13.2. The minimum absolute atomic E-state index is 0.00699. The van der Waals surface area contributed by atoms with Gasteiger partial charge in [-0.25, -0.2) is 0 Å². The van der Waals surface area contributed by atoms with Gasteiger partial charge in [0.1, 0.15) is 0 Å². The summed E-state index contributed by atoms with van der Waals surface area (Å²) in [5, 5.41) is 8.38. The van der Waals surface area contributed by atoms with Gasteiger partial charge in [0.15, 0.2) is 0 Å². The van der Waals surface area contributed by atoms with Crippen LogP contribution in [0.15, 0.2) is 5.38 Å². The Morgan fingerprint density at radius 1 is 1.50 bits per heavy atom. The first kappa shape index (κ1) is 11.6. The highest BCUT2D eigenvalue weighted by atomic mass is 32.1. The van der Waals surface area contributed by atoms with E-state index in [1.54, 1.807) is 11.3 Å².